The summed E-state index contributed by atoms with van der Waals surface area (Å²) in [4.78, 5) is 23.5. The van der Waals surface area contributed by atoms with Crippen molar-refractivity contribution in [2.75, 3.05) is 5.32 Å². The maximum absolute atomic E-state index is 12.6. The van der Waals surface area contributed by atoms with Crippen LogP contribution < -0.4 is 5.32 Å². The highest BCUT2D eigenvalue weighted by Gasteiger charge is 2.17. The van der Waals surface area contributed by atoms with Crippen molar-refractivity contribution < 1.29 is 9.72 Å². The normalized spacial score (nSPS) is 11.1. The third kappa shape index (κ3) is 4.73. The molecule has 0 spiro atoms. The fourth-order valence-electron chi connectivity index (χ4n) is 3.30. The number of halogens is 1. The zero-order valence-electron chi connectivity index (χ0n) is 17.1. The standard InChI is InChI=1S/C23H19BrN4O3/c1-14-4-9-21(12-22(14)28(30)31)27-15(2)10-17(16(27)3)11-18(13-25)23(29)26-20-7-5-19(24)6-8-20/h4-12H,1-3H3,(H,26,29)/b18-11-. The molecule has 2 aromatic carbocycles. The maximum Gasteiger partial charge on any atom is 0.274 e. The minimum atomic E-state index is -0.513. The SMILES string of the molecule is Cc1ccc(-n2c(C)cc(/C=C(/C#N)C(=O)Nc3ccc(Br)cc3)c2C)cc1[N+](=O)[O-]. The van der Waals surface area contributed by atoms with Crippen molar-refractivity contribution in [3.8, 4) is 11.8 Å². The molecule has 31 heavy (non-hydrogen) atoms. The van der Waals surface area contributed by atoms with Gasteiger partial charge >= 0.3 is 0 Å². The van der Waals surface area contributed by atoms with Gasteiger partial charge in [0.2, 0.25) is 0 Å². The molecule has 0 atom stereocenters. The van der Waals surface area contributed by atoms with Crippen LogP contribution in [0.1, 0.15) is 22.5 Å². The lowest BCUT2D eigenvalue weighted by molar-refractivity contribution is -0.385. The van der Waals surface area contributed by atoms with Gasteiger partial charge in [0, 0.05) is 33.2 Å². The second kappa shape index (κ2) is 8.98. The predicted molar refractivity (Wildman–Crippen MR) is 123 cm³/mol. The first-order valence-corrected chi connectivity index (χ1v) is 10.1. The largest absolute Gasteiger partial charge is 0.321 e. The Labute approximate surface area is 187 Å². The molecule has 8 heteroatoms. The average Bonchev–Trinajstić information content (AvgIpc) is 3.01. The number of amides is 1. The van der Waals surface area contributed by atoms with E-state index in [0.717, 1.165) is 15.9 Å². The molecule has 0 radical (unpaired) electrons. The number of nitrogens with zero attached hydrogens (tertiary/aromatic N) is 3. The summed E-state index contributed by atoms with van der Waals surface area (Å²) in [5.41, 5.74) is 4.06. The summed E-state index contributed by atoms with van der Waals surface area (Å²) in [6.07, 6.45) is 1.52. The summed E-state index contributed by atoms with van der Waals surface area (Å²) < 4.78 is 2.74. The number of carbonyl (C=O) groups excluding carboxylic acids is 1. The molecule has 3 rings (SSSR count). The van der Waals surface area contributed by atoms with Crippen LogP contribution >= 0.6 is 15.9 Å². The van der Waals surface area contributed by atoms with Gasteiger partial charge < -0.3 is 9.88 Å². The average molecular weight is 479 g/mol. The van der Waals surface area contributed by atoms with E-state index in [1.807, 2.05) is 30.6 Å². The van der Waals surface area contributed by atoms with Gasteiger partial charge in [0.1, 0.15) is 11.6 Å². The third-order valence-electron chi connectivity index (χ3n) is 4.88. The number of hydrogen-bond acceptors (Lipinski definition) is 4. The van der Waals surface area contributed by atoms with Crippen molar-refractivity contribution in [2.45, 2.75) is 20.8 Å². The van der Waals surface area contributed by atoms with E-state index in [1.54, 1.807) is 43.3 Å². The van der Waals surface area contributed by atoms with Crippen LogP contribution in [0.5, 0.6) is 0 Å². The number of nitro groups is 1. The first kappa shape index (κ1) is 22.0. The van der Waals surface area contributed by atoms with E-state index < -0.39 is 10.8 Å². The molecule has 0 aliphatic heterocycles. The first-order chi connectivity index (χ1) is 14.7. The van der Waals surface area contributed by atoms with Crippen molar-refractivity contribution in [3.05, 3.63) is 91.2 Å². The second-order valence-corrected chi connectivity index (χ2v) is 7.94. The highest BCUT2D eigenvalue weighted by molar-refractivity contribution is 9.10. The molecule has 0 unspecified atom stereocenters. The van der Waals surface area contributed by atoms with Gasteiger partial charge in [-0.05, 0) is 68.8 Å². The summed E-state index contributed by atoms with van der Waals surface area (Å²) in [7, 11) is 0. The van der Waals surface area contributed by atoms with Crippen molar-refractivity contribution in [1.82, 2.24) is 4.57 Å². The number of aromatic nitrogens is 1. The fraction of sp³-hybridized carbons (Fsp3) is 0.130. The van der Waals surface area contributed by atoms with Gasteiger partial charge in [0.05, 0.1) is 10.6 Å². The van der Waals surface area contributed by atoms with Crippen LogP contribution in [0.2, 0.25) is 0 Å². The van der Waals surface area contributed by atoms with Crippen LogP contribution in [-0.2, 0) is 4.79 Å². The molecule has 7 nitrogen and oxygen atoms in total. The van der Waals surface area contributed by atoms with Crippen LogP contribution in [-0.4, -0.2) is 15.4 Å². The van der Waals surface area contributed by atoms with Crippen molar-refractivity contribution >= 4 is 39.3 Å². The fourth-order valence-corrected chi connectivity index (χ4v) is 3.56. The minimum Gasteiger partial charge on any atom is -0.321 e. The first-order valence-electron chi connectivity index (χ1n) is 9.34. The van der Waals surface area contributed by atoms with Crippen LogP contribution in [0, 0.1) is 42.2 Å². The highest BCUT2D eigenvalue weighted by Crippen LogP contribution is 2.27. The van der Waals surface area contributed by atoms with E-state index in [4.69, 9.17) is 0 Å². The van der Waals surface area contributed by atoms with E-state index in [0.29, 0.717) is 22.5 Å². The smallest absolute Gasteiger partial charge is 0.274 e. The van der Waals surface area contributed by atoms with Crippen LogP contribution in [0.3, 0.4) is 0 Å². The summed E-state index contributed by atoms with van der Waals surface area (Å²) in [6, 6.07) is 15.9. The topological polar surface area (TPSA) is 101 Å². The van der Waals surface area contributed by atoms with Crippen molar-refractivity contribution in [1.29, 1.82) is 5.26 Å². The molecule has 3 aromatic rings. The molecule has 1 aromatic heterocycles. The third-order valence-corrected chi connectivity index (χ3v) is 5.41. The highest BCUT2D eigenvalue weighted by atomic mass is 79.9. The summed E-state index contributed by atoms with van der Waals surface area (Å²) >= 11 is 3.33. The Balaban J connectivity index is 1.97. The Morgan fingerprint density at radius 2 is 1.84 bits per heavy atom. The Kier molecular flexibility index (Phi) is 6.37. The molecule has 0 bridgehead atoms. The summed E-state index contributed by atoms with van der Waals surface area (Å²) in [5.74, 6) is -0.513. The van der Waals surface area contributed by atoms with Gasteiger partial charge in [-0.1, -0.05) is 22.0 Å². The van der Waals surface area contributed by atoms with Crippen molar-refractivity contribution in [2.24, 2.45) is 0 Å². The van der Waals surface area contributed by atoms with E-state index >= 15 is 0 Å². The van der Waals surface area contributed by atoms with Crippen LogP contribution in [0.4, 0.5) is 11.4 Å². The molecule has 0 aliphatic carbocycles. The minimum absolute atomic E-state index is 0.0358. The maximum atomic E-state index is 12.6. The molecule has 1 heterocycles. The quantitative estimate of drug-likeness (QED) is 0.222. The number of benzene rings is 2. The summed E-state index contributed by atoms with van der Waals surface area (Å²) in [5, 5.41) is 23.5. The number of carbonyl (C=O) groups is 1. The monoisotopic (exact) mass is 478 g/mol. The summed E-state index contributed by atoms with van der Waals surface area (Å²) in [6.45, 7) is 5.39. The zero-order chi connectivity index (χ0) is 22.7. The molecule has 1 N–H and O–H groups in total. The zero-order valence-corrected chi connectivity index (χ0v) is 18.7. The molecule has 156 valence electrons. The van der Waals surface area contributed by atoms with Gasteiger partial charge in [-0.25, -0.2) is 0 Å². The van der Waals surface area contributed by atoms with Gasteiger partial charge in [-0.15, -0.1) is 0 Å². The molecule has 0 saturated carbocycles. The number of nitro benzene ring substituents is 1. The second-order valence-electron chi connectivity index (χ2n) is 7.02. The van der Waals surface area contributed by atoms with E-state index in [1.165, 1.54) is 12.1 Å². The lowest BCUT2D eigenvalue weighted by Gasteiger charge is -2.10. The van der Waals surface area contributed by atoms with Gasteiger partial charge in [-0.3, -0.25) is 14.9 Å². The Bertz CT molecular complexity index is 1250. The number of hydrogen-bond donors (Lipinski definition) is 1. The van der Waals surface area contributed by atoms with E-state index in [-0.39, 0.29) is 11.3 Å². The molecular weight excluding hydrogens is 460 g/mol. The Morgan fingerprint density at radius 3 is 2.45 bits per heavy atom. The lowest BCUT2D eigenvalue weighted by Crippen LogP contribution is -2.13. The predicted octanol–water partition coefficient (Wildman–Crippen LogP) is 5.62. The van der Waals surface area contributed by atoms with Gasteiger partial charge in [-0.2, -0.15) is 5.26 Å². The number of anilines is 1. The van der Waals surface area contributed by atoms with Crippen LogP contribution in [0.15, 0.2) is 58.6 Å². The van der Waals surface area contributed by atoms with Gasteiger partial charge in [0.15, 0.2) is 0 Å². The lowest BCUT2D eigenvalue weighted by atomic mass is 10.1. The Hall–Kier alpha value is -3.70. The number of nitriles is 1. The number of rotatable bonds is 5. The molecule has 0 aliphatic rings. The number of aryl methyl sites for hydroxylation is 2. The molecular formula is C23H19BrN4O3. The van der Waals surface area contributed by atoms with Crippen LogP contribution in [0.25, 0.3) is 11.8 Å². The molecule has 0 saturated heterocycles. The van der Waals surface area contributed by atoms with E-state index in [2.05, 4.69) is 21.2 Å². The van der Waals surface area contributed by atoms with Gasteiger partial charge in [0.25, 0.3) is 11.6 Å². The van der Waals surface area contributed by atoms with E-state index in [9.17, 15) is 20.2 Å². The molecule has 1 amide bonds. The number of nitrogens with one attached hydrogen (secondary N) is 1. The molecule has 0 fully saturated rings. The Morgan fingerprint density at radius 1 is 1.16 bits per heavy atom. The van der Waals surface area contributed by atoms with Crippen molar-refractivity contribution in [3.63, 3.8) is 0 Å².